The molecule has 0 unspecified atom stereocenters. The second-order valence-electron chi connectivity index (χ2n) is 7.43. The minimum Gasteiger partial charge on any atom is -0.495 e. The summed E-state index contributed by atoms with van der Waals surface area (Å²) < 4.78 is 32.9. The van der Waals surface area contributed by atoms with E-state index in [1.54, 1.807) is 30.2 Å². The number of piperazine rings is 1. The summed E-state index contributed by atoms with van der Waals surface area (Å²) in [7, 11) is -1.97. The summed E-state index contributed by atoms with van der Waals surface area (Å²) in [6, 6.07) is 12.9. The van der Waals surface area contributed by atoms with Crippen LogP contribution in [0, 0.1) is 13.8 Å². The average Bonchev–Trinajstić information content (AvgIpc) is 2.75. The highest BCUT2D eigenvalue weighted by molar-refractivity contribution is 7.89. The molecule has 7 nitrogen and oxygen atoms in total. The van der Waals surface area contributed by atoms with Crippen molar-refractivity contribution < 1.29 is 17.9 Å². The molecule has 0 atom stereocenters. The summed E-state index contributed by atoms with van der Waals surface area (Å²) >= 11 is 0. The molecule has 3 rings (SSSR count). The van der Waals surface area contributed by atoms with Gasteiger partial charge in [0.2, 0.25) is 15.9 Å². The number of sulfonamides is 1. The summed E-state index contributed by atoms with van der Waals surface area (Å²) in [6.45, 7) is 6.51. The monoisotopic (exact) mass is 431 g/mol. The van der Waals surface area contributed by atoms with E-state index in [9.17, 15) is 13.2 Å². The second kappa shape index (κ2) is 9.49. The molecule has 1 heterocycles. The Morgan fingerprint density at radius 1 is 1.03 bits per heavy atom. The van der Waals surface area contributed by atoms with Crippen molar-refractivity contribution in [3.8, 4) is 5.75 Å². The van der Waals surface area contributed by atoms with Crippen LogP contribution in [0.25, 0.3) is 0 Å². The highest BCUT2D eigenvalue weighted by Crippen LogP contribution is 2.28. The van der Waals surface area contributed by atoms with Crippen molar-refractivity contribution in [1.29, 1.82) is 0 Å². The van der Waals surface area contributed by atoms with Crippen LogP contribution in [-0.2, 0) is 14.8 Å². The summed E-state index contributed by atoms with van der Waals surface area (Å²) in [5.74, 6) is 0.774. The zero-order chi connectivity index (χ0) is 21.7. The van der Waals surface area contributed by atoms with Crippen molar-refractivity contribution in [2.45, 2.75) is 25.2 Å². The topological polar surface area (TPSA) is 79.0 Å². The van der Waals surface area contributed by atoms with Gasteiger partial charge in [-0.1, -0.05) is 18.2 Å². The zero-order valence-corrected chi connectivity index (χ0v) is 18.5. The van der Waals surface area contributed by atoms with Crippen molar-refractivity contribution in [3.63, 3.8) is 0 Å². The smallest absolute Gasteiger partial charge is 0.240 e. The number of ether oxygens (including phenoxy) is 1. The van der Waals surface area contributed by atoms with E-state index in [1.165, 1.54) is 0 Å². The van der Waals surface area contributed by atoms with Gasteiger partial charge in [-0.3, -0.25) is 4.79 Å². The lowest BCUT2D eigenvalue weighted by Gasteiger charge is -2.36. The normalized spacial score (nSPS) is 14.6. The highest BCUT2D eigenvalue weighted by atomic mass is 32.2. The van der Waals surface area contributed by atoms with Crippen LogP contribution in [0.15, 0.2) is 47.4 Å². The Balaban J connectivity index is 1.50. The van der Waals surface area contributed by atoms with E-state index in [2.05, 4.69) is 9.62 Å². The molecule has 1 fully saturated rings. The Bertz CT molecular complexity index is 999. The third-order valence-corrected chi connectivity index (χ3v) is 6.94. The Kier molecular flexibility index (Phi) is 6.99. The van der Waals surface area contributed by atoms with Gasteiger partial charge in [0.1, 0.15) is 5.75 Å². The predicted octanol–water partition coefficient (Wildman–Crippen LogP) is 2.33. The van der Waals surface area contributed by atoms with Crippen LogP contribution in [-0.4, -0.2) is 59.1 Å². The molecule has 0 saturated carbocycles. The van der Waals surface area contributed by atoms with E-state index < -0.39 is 10.0 Å². The summed E-state index contributed by atoms with van der Waals surface area (Å²) in [5.41, 5.74) is 2.98. The van der Waals surface area contributed by atoms with Gasteiger partial charge in [0.05, 0.1) is 17.7 Å². The molecule has 0 aromatic heterocycles. The molecule has 1 amide bonds. The van der Waals surface area contributed by atoms with Crippen LogP contribution in [0.2, 0.25) is 0 Å². The van der Waals surface area contributed by atoms with Gasteiger partial charge in [0.15, 0.2) is 0 Å². The third kappa shape index (κ3) is 5.12. The van der Waals surface area contributed by atoms with E-state index in [4.69, 9.17) is 4.74 Å². The summed E-state index contributed by atoms with van der Waals surface area (Å²) in [4.78, 5) is 16.7. The molecule has 1 N–H and O–H groups in total. The maximum absolute atomic E-state index is 12.5. The summed E-state index contributed by atoms with van der Waals surface area (Å²) in [6.07, 6.45) is 0.138. The maximum Gasteiger partial charge on any atom is 0.240 e. The molecule has 0 bridgehead atoms. The number of para-hydroxylation sites is 2. The fourth-order valence-corrected chi connectivity index (χ4v) is 4.62. The van der Waals surface area contributed by atoms with Gasteiger partial charge >= 0.3 is 0 Å². The van der Waals surface area contributed by atoms with Crippen molar-refractivity contribution in [3.05, 3.63) is 53.6 Å². The third-order valence-electron chi connectivity index (χ3n) is 5.48. The number of anilines is 1. The number of amides is 1. The Morgan fingerprint density at radius 2 is 1.73 bits per heavy atom. The first-order valence-electron chi connectivity index (χ1n) is 10.0. The van der Waals surface area contributed by atoms with Crippen molar-refractivity contribution >= 4 is 21.6 Å². The summed E-state index contributed by atoms with van der Waals surface area (Å²) in [5, 5.41) is 0. The van der Waals surface area contributed by atoms with Gasteiger partial charge < -0.3 is 14.5 Å². The Hall–Kier alpha value is -2.58. The molecule has 8 heteroatoms. The molecule has 162 valence electrons. The van der Waals surface area contributed by atoms with Crippen molar-refractivity contribution in [2.24, 2.45) is 0 Å². The quantitative estimate of drug-likeness (QED) is 0.728. The average molecular weight is 432 g/mol. The minimum atomic E-state index is -3.62. The molecule has 1 aliphatic heterocycles. The van der Waals surface area contributed by atoms with E-state index in [-0.39, 0.29) is 23.8 Å². The van der Waals surface area contributed by atoms with E-state index >= 15 is 0 Å². The SMILES string of the molecule is COc1ccccc1N1CCN(C(=O)CCNS(=O)(=O)c2ccc(C)c(C)c2)CC1. The molecule has 1 aliphatic rings. The number of rotatable bonds is 7. The number of methoxy groups -OCH3 is 1. The molecular formula is C22H29N3O4S. The standard InChI is InChI=1S/C22H29N3O4S/c1-17-8-9-19(16-18(17)2)30(27,28)23-11-10-22(26)25-14-12-24(13-15-25)20-6-4-5-7-21(20)29-3/h4-9,16,23H,10-15H2,1-3H3. The van der Waals surface area contributed by atoms with Crippen LogP contribution in [0.4, 0.5) is 5.69 Å². The van der Waals surface area contributed by atoms with Gasteiger partial charge in [0.25, 0.3) is 0 Å². The first kappa shape index (κ1) is 22.1. The minimum absolute atomic E-state index is 0.0440. The first-order chi connectivity index (χ1) is 14.3. The lowest BCUT2D eigenvalue weighted by molar-refractivity contribution is -0.131. The highest BCUT2D eigenvalue weighted by Gasteiger charge is 2.23. The second-order valence-corrected chi connectivity index (χ2v) is 9.20. The largest absolute Gasteiger partial charge is 0.495 e. The molecular weight excluding hydrogens is 402 g/mol. The molecule has 2 aromatic carbocycles. The number of nitrogens with zero attached hydrogens (tertiary/aromatic N) is 2. The molecule has 0 aliphatic carbocycles. The van der Waals surface area contributed by atoms with Gasteiger partial charge in [-0.05, 0) is 49.2 Å². The number of carbonyl (C=O) groups excluding carboxylic acids is 1. The number of hydrogen-bond donors (Lipinski definition) is 1. The molecule has 0 radical (unpaired) electrons. The number of nitrogens with one attached hydrogen (secondary N) is 1. The fourth-order valence-electron chi connectivity index (χ4n) is 3.50. The maximum atomic E-state index is 12.5. The Morgan fingerprint density at radius 3 is 2.40 bits per heavy atom. The van der Waals surface area contributed by atoms with Crippen LogP contribution in [0.5, 0.6) is 5.75 Å². The van der Waals surface area contributed by atoms with Crippen molar-refractivity contribution in [2.75, 3.05) is 44.7 Å². The van der Waals surface area contributed by atoms with E-state index in [1.807, 2.05) is 38.1 Å². The van der Waals surface area contributed by atoms with Gasteiger partial charge in [0, 0.05) is 39.1 Å². The van der Waals surface area contributed by atoms with E-state index in [0.29, 0.717) is 26.2 Å². The molecule has 1 saturated heterocycles. The van der Waals surface area contributed by atoms with Gasteiger partial charge in [-0.2, -0.15) is 0 Å². The number of carbonyl (C=O) groups is 1. The number of hydrogen-bond acceptors (Lipinski definition) is 5. The zero-order valence-electron chi connectivity index (χ0n) is 17.7. The predicted molar refractivity (Wildman–Crippen MR) is 118 cm³/mol. The van der Waals surface area contributed by atoms with Gasteiger partial charge in [-0.15, -0.1) is 0 Å². The van der Waals surface area contributed by atoms with Crippen LogP contribution in [0.1, 0.15) is 17.5 Å². The molecule has 0 spiro atoms. The number of aryl methyl sites for hydroxylation is 2. The van der Waals surface area contributed by atoms with E-state index in [0.717, 1.165) is 22.6 Å². The Labute approximate surface area is 178 Å². The van der Waals surface area contributed by atoms with Crippen LogP contribution >= 0.6 is 0 Å². The lowest BCUT2D eigenvalue weighted by Crippen LogP contribution is -2.49. The van der Waals surface area contributed by atoms with Gasteiger partial charge in [-0.25, -0.2) is 13.1 Å². The van der Waals surface area contributed by atoms with Crippen LogP contribution < -0.4 is 14.4 Å². The van der Waals surface area contributed by atoms with Crippen molar-refractivity contribution in [1.82, 2.24) is 9.62 Å². The first-order valence-corrected chi connectivity index (χ1v) is 11.5. The fraction of sp³-hybridized carbons (Fsp3) is 0.409. The lowest BCUT2D eigenvalue weighted by atomic mass is 10.1. The molecule has 30 heavy (non-hydrogen) atoms. The van der Waals surface area contributed by atoms with Crippen LogP contribution in [0.3, 0.4) is 0 Å². The molecule has 2 aromatic rings. The number of benzene rings is 2.